The van der Waals surface area contributed by atoms with Gasteiger partial charge < -0.3 is 10.2 Å². The van der Waals surface area contributed by atoms with Crippen molar-refractivity contribution < 1.29 is 4.39 Å². The van der Waals surface area contributed by atoms with E-state index >= 15 is 0 Å². The van der Waals surface area contributed by atoms with Gasteiger partial charge in [-0.1, -0.05) is 19.1 Å². The first-order valence-electron chi connectivity index (χ1n) is 6.80. The maximum absolute atomic E-state index is 13.2. The minimum absolute atomic E-state index is 0.204. The number of aromatic nitrogens is 1. The third-order valence-corrected chi connectivity index (χ3v) is 3.09. The molecule has 3 nitrogen and oxygen atoms in total. The second kappa shape index (κ2) is 7.01. The van der Waals surface area contributed by atoms with Gasteiger partial charge in [-0.05, 0) is 41.9 Å². The van der Waals surface area contributed by atoms with Crippen molar-refractivity contribution in [3.8, 4) is 0 Å². The molecule has 1 aromatic heterocycles. The first-order valence-corrected chi connectivity index (χ1v) is 6.80. The van der Waals surface area contributed by atoms with E-state index in [0.29, 0.717) is 6.54 Å². The Bertz CT molecular complexity index is 557. The maximum atomic E-state index is 13.2. The van der Waals surface area contributed by atoms with Crippen molar-refractivity contribution >= 4 is 5.82 Å². The van der Waals surface area contributed by atoms with Crippen LogP contribution in [0.2, 0.25) is 0 Å². The van der Waals surface area contributed by atoms with Crippen LogP contribution in [0.15, 0.2) is 42.6 Å². The van der Waals surface area contributed by atoms with E-state index in [4.69, 9.17) is 0 Å². The topological polar surface area (TPSA) is 28.2 Å². The zero-order valence-electron chi connectivity index (χ0n) is 11.9. The molecule has 0 spiro atoms. The van der Waals surface area contributed by atoms with E-state index in [-0.39, 0.29) is 5.82 Å². The van der Waals surface area contributed by atoms with Crippen LogP contribution in [0.3, 0.4) is 0 Å². The number of rotatable bonds is 6. The van der Waals surface area contributed by atoms with Crippen molar-refractivity contribution in [2.75, 3.05) is 18.5 Å². The lowest BCUT2D eigenvalue weighted by Crippen LogP contribution is -2.18. The Kier molecular flexibility index (Phi) is 5.07. The van der Waals surface area contributed by atoms with Crippen LogP contribution in [0, 0.1) is 5.82 Å². The summed E-state index contributed by atoms with van der Waals surface area (Å²) >= 11 is 0. The highest BCUT2D eigenvalue weighted by Gasteiger charge is 2.05. The minimum atomic E-state index is -0.204. The Morgan fingerprint density at radius 1 is 1.20 bits per heavy atom. The quantitative estimate of drug-likeness (QED) is 0.877. The van der Waals surface area contributed by atoms with E-state index in [1.165, 1.54) is 11.6 Å². The third kappa shape index (κ3) is 4.03. The van der Waals surface area contributed by atoms with E-state index in [0.717, 1.165) is 24.5 Å². The molecule has 1 heterocycles. The summed E-state index contributed by atoms with van der Waals surface area (Å²) < 4.78 is 13.2. The molecule has 0 amide bonds. The lowest BCUT2D eigenvalue weighted by Gasteiger charge is -2.19. The van der Waals surface area contributed by atoms with E-state index in [1.54, 1.807) is 12.1 Å². The summed E-state index contributed by atoms with van der Waals surface area (Å²) in [5.41, 5.74) is 2.13. The highest BCUT2D eigenvalue weighted by molar-refractivity contribution is 5.41. The van der Waals surface area contributed by atoms with Crippen LogP contribution in [-0.2, 0) is 13.1 Å². The first kappa shape index (κ1) is 14.5. The molecule has 20 heavy (non-hydrogen) atoms. The van der Waals surface area contributed by atoms with Crippen molar-refractivity contribution in [2.45, 2.75) is 20.0 Å². The average Bonchev–Trinajstić information content (AvgIpc) is 2.45. The summed E-state index contributed by atoms with van der Waals surface area (Å²) in [7, 11) is 1.96. The normalized spacial score (nSPS) is 10.6. The Hall–Kier alpha value is -1.94. The van der Waals surface area contributed by atoms with Gasteiger partial charge in [0, 0.05) is 26.3 Å². The molecular weight excluding hydrogens is 253 g/mol. The van der Waals surface area contributed by atoms with Crippen molar-refractivity contribution in [1.29, 1.82) is 0 Å². The predicted octanol–water partition coefficient (Wildman–Crippen LogP) is 2.97. The Balaban J connectivity index is 2.06. The average molecular weight is 273 g/mol. The Morgan fingerprint density at radius 2 is 2.05 bits per heavy atom. The lowest BCUT2D eigenvalue weighted by molar-refractivity contribution is 0.625. The zero-order chi connectivity index (χ0) is 14.4. The van der Waals surface area contributed by atoms with E-state index < -0.39 is 0 Å². The molecule has 2 aromatic rings. The Morgan fingerprint density at radius 3 is 2.80 bits per heavy atom. The van der Waals surface area contributed by atoms with Gasteiger partial charge >= 0.3 is 0 Å². The van der Waals surface area contributed by atoms with Gasteiger partial charge in [-0.3, -0.25) is 0 Å². The lowest BCUT2D eigenvalue weighted by atomic mass is 10.2. The fourth-order valence-electron chi connectivity index (χ4n) is 2.04. The van der Waals surface area contributed by atoms with Crippen molar-refractivity contribution in [1.82, 2.24) is 10.3 Å². The molecule has 0 saturated carbocycles. The van der Waals surface area contributed by atoms with Crippen molar-refractivity contribution in [2.24, 2.45) is 0 Å². The fourth-order valence-corrected chi connectivity index (χ4v) is 2.04. The molecule has 0 atom stereocenters. The molecule has 0 radical (unpaired) electrons. The van der Waals surface area contributed by atoms with Crippen molar-refractivity contribution in [3.05, 3.63) is 59.5 Å². The second-order valence-corrected chi connectivity index (χ2v) is 4.79. The van der Waals surface area contributed by atoms with Gasteiger partial charge in [0.1, 0.15) is 11.6 Å². The largest absolute Gasteiger partial charge is 0.355 e. The predicted molar refractivity (Wildman–Crippen MR) is 80.1 cm³/mol. The molecule has 0 bridgehead atoms. The number of nitrogens with zero attached hydrogens (tertiary/aromatic N) is 2. The highest BCUT2D eigenvalue weighted by atomic mass is 19.1. The van der Waals surface area contributed by atoms with Crippen LogP contribution < -0.4 is 10.2 Å². The molecule has 0 aliphatic carbocycles. The van der Waals surface area contributed by atoms with E-state index in [2.05, 4.69) is 23.3 Å². The summed E-state index contributed by atoms with van der Waals surface area (Å²) in [5.74, 6) is 0.689. The van der Waals surface area contributed by atoms with Gasteiger partial charge in [-0.15, -0.1) is 0 Å². The second-order valence-electron chi connectivity index (χ2n) is 4.79. The summed E-state index contributed by atoms with van der Waals surface area (Å²) in [4.78, 5) is 6.39. The van der Waals surface area contributed by atoms with Crippen molar-refractivity contribution in [3.63, 3.8) is 0 Å². The van der Waals surface area contributed by atoms with Gasteiger partial charge in [-0.25, -0.2) is 9.37 Å². The number of benzene rings is 1. The zero-order valence-corrected chi connectivity index (χ0v) is 11.9. The van der Waals surface area contributed by atoms with Gasteiger partial charge in [0.05, 0.1) is 0 Å². The number of pyridine rings is 1. The molecule has 2 rings (SSSR count). The smallest absolute Gasteiger partial charge is 0.128 e. The molecule has 1 aromatic carbocycles. The molecule has 0 saturated heterocycles. The minimum Gasteiger partial charge on any atom is -0.355 e. The molecule has 106 valence electrons. The van der Waals surface area contributed by atoms with E-state index in [9.17, 15) is 4.39 Å². The summed E-state index contributed by atoms with van der Waals surface area (Å²) in [6, 6.07) is 10.7. The van der Waals surface area contributed by atoms with Crippen LogP contribution in [0.5, 0.6) is 0 Å². The molecular formula is C16H20FN3. The van der Waals surface area contributed by atoms with Gasteiger partial charge in [0.15, 0.2) is 0 Å². The van der Waals surface area contributed by atoms with Crippen LogP contribution in [0.1, 0.15) is 18.1 Å². The molecule has 0 unspecified atom stereocenters. The van der Waals surface area contributed by atoms with Crippen LogP contribution in [0.25, 0.3) is 0 Å². The number of halogens is 1. The van der Waals surface area contributed by atoms with Crippen LogP contribution >= 0.6 is 0 Å². The third-order valence-electron chi connectivity index (χ3n) is 3.09. The summed E-state index contributed by atoms with van der Waals surface area (Å²) in [6.45, 7) is 4.49. The maximum Gasteiger partial charge on any atom is 0.128 e. The molecule has 0 aliphatic rings. The summed E-state index contributed by atoms with van der Waals surface area (Å²) in [6.07, 6.45) is 1.81. The molecule has 0 fully saturated rings. The SMILES string of the molecule is CCNCc1ccnc(N(C)Cc2cccc(F)c2)c1. The first-order chi connectivity index (χ1) is 9.69. The number of nitrogens with one attached hydrogen (secondary N) is 1. The number of anilines is 1. The monoisotopic (exact) mass is 273 g/mol. The summed E-state index contributed by atoms with van der Waals surface area (Å²) in [5, 5.41) is 3.29. The molecule has 4 heteroatoms. The number of hydrogen-bond acceptors (Lipinski definition) is 3. The van der Waals surface area contributed by atoms with Gasteiger partial charge in [0.2, 0.25) is 0 Å². The van der Waals surface area contributed by atoms with Crippen LogP contribution in [0.4, 0.5) is 10.2 Å². The number of hydrogen-bond donors (Lipinski definition) is 1. The van der Waals surface area contributed by atoms with Gasteiger partial charge in [-0.2, -0.15) is 0 Å². The van der Waals surface area contributed by atoms with Gasteiger partial charge in [0.25, 0.3) is 0 Å². The Labute approximate surface area is 119 Å². The molecule has 0 aliphatic heterocycles. The van der Waals surface area contributed by atoms with E-state index in [1.807, 2.05) is 30.3 Å². The highest BCUT2D eigenvalue weighted by Crippen LogP contribution is 2.15. The standard InChI is InChI=1S/C16H20FN3/c1-3-18-11-13-7-8-19-16(10-13)20(2)12-14-5-4-6-15(17)9-14/h4-10,18H,3,11-12H2,1-2H3. The fraction of sp³-hybridized carbons (Fsp3) is 0.312. The van der Waals surface area contributed by atoms with Crippen LogP contribution in [-0.4, -0.2) is 18.6 Å². The molecule has 1 N–H and O–H groups in total.